The summed E-state index contributed by atoms with van der Waals surface area (Å²) in [4.78, 5) is 10.2. The van der Waals surface area contributed by atoms with Crippen LogP contribution in [-0.2, 0) is 9.53 Å². The Hall–Kier alpha value is -1.04. The Bertz CT molecular complexity index is 149. The molecule has 3 nitrogen and oxygen atoms in total. The fraction of sp³-hybridized carbons (Fsp3) is 0.667. The van der Waals surface area contributed by atoms with Gasteiger partial charge in [0.05, 0.1) is 0 Å². The van der Waals surface area contributed by atoms with Gasteiger partial charge in [-0.2, -0.15) is 5.26 Å². The summed E-state index contributed by atoms with van der Waals surface area (Å²) in [6.07, 6.45) is 0. The molecule has 0 bridgehead atoms. The smallest absolute Gasteiger partial charge is 0.411 e. The maximum absolute atomic E-state index is 10.2. The molecule has 0 atom stereocenters. The van der Waals surface area contributed by atoms with Crippen molar-refractivity contribution in [2.24, 2.45) is 0 Å². The summed E-state index contributed by atoms with van der Waals surface area (Å²) in [5.74, 6) is -0.831. The highest BCUT2D eigenvalue weighted by atomic mass is 16.6. The van der Waals surface area contributed by atoms with Gasteiger partial charge in [0.2, 0.25) is 0 Å². The average molecular weight is 127 g/mol. The van der Waals surface area contributed by atoms with E-state index < -0.39 is 11.6 Å². The van der Waals surface area contributed by atoms with Gasteiger partial charge >= 0.3 is 5.97 Å². The first-order valence-electron chi connectivity index (χ1n) is 2.59. The van der Waals surface area contributed by atoms with Crippen molar-refractivity contribution in [3.8, 4) is 6.07 Å². The molecule has 0 aliphatic rings. The average Bonchev–Trinajstić information content (AvgIpc) is 1.62. The van der Waals surface area contributed by atoms with Crippen LogP contribution in [0.25, 0.3) is 0 Å². The van der Waals surface area contributed by atoms with Crippen LogP contribution in [-0.4, -0.2) is 11.6 Å². The summed E-state index contributed by atoms with van der Waals surface area (Å²) in [5.41, 5.74) is -0.549. The fourth-order valence-electron chi connectivity index (χ4n) is 0.301. The number of nitriles is 1. The van der Waals surface area contributed by atoms with Crippen LogP contribution < -0.4 is 0 Å². The molecular formula is C6H9NO2. The van der Waals surface area contributed by atoms with Gasteiger partial charge in [-0.05, 0) is 20.8 Å². The minimum atomic E-state index is -0.831. The van der Waals surface area contributed by atoms with Crippen molar-refractivity contribution in [2.75, 3.05) is 0 Å². The first-order valence-corrected chi connectivity index (χ1v) is 2.59. The maximum atomic E-state index is 10.2. The van der Waals surface area contributed by atoms with Crippen molar-refractivity contribution in [2.45, 2.75) is 26.4 Å². The molecule has 0 heterocycles. The van der Waals surface area contributed by atoms with Crippen LogP contribution in [0.15, 0.2) is 0 Å². The van der Waals surface area contributed by atoms with Crippen LogP contribution in [0.2, 0.25) is 0 Å². The maximum Gasteiger partial charge on any atom is 0.411 e. The van der Waals surface area contributed by atoms with Crippen molar-refractivity contribution in [1.82, 2.24) is 0 Å². The van der Waals surface area contributed by atoms with E-state index in [1.807, 2.05) is 0 Å². The van der Waals surface area contributed by atoms with Gasteiger partial charge in [0.15, 0.2) is 6.07 Å². The summed E-state index contributed by atoms with van der Waals surface area (Å²) in [6.45, 7) is 5.13. The third-order valence-electron chi connectivity index (χ3n) is 0.490. The van der Waals surface area contributed by atoms with Crippen LogP contribution in [0.3, 0.4) is 0 Å². The van der Waals surface area contributed by atoms with E-state index >= 15 is 0 Å². The van der Waals surface area contributed by atoms with E-state index in [0.717, 1.165) is 0 Å². The summed E-state index contributed by atoms with van der Waals surface area (Å²) in [7, 11) is 0. The predicted molar refractivity (Wildman–Crippen MR) is 31.5 cm³/mol. The van der Waals surface area contributed by atoms with Crippen LogP contribution in [0.4, 0.5) is 0 Å². The van der Waals surface area contributed by atoms with Crippen molar-refractivity contribution in [3.05, 3.63) is 0 Å². The van der Waals surface area contributed by atoms with Crippen LogP contribution in [0, 0.1) is 11.3 Å². The molecule has 0 aromatic heterocycles. The van der Waals surface area contributed by atoms with Gasteiger partial charge in [-0.1, -0.05) is 0 Å². The number of ether oxygens (including phenoxy) is 1. The quantitative estimate of drug-likeness (QED) is 0.358. The largest absolute Gasteiger partial charge is 0.449 e. The second-order valence-corrected chi connectivity index (χ2v) is 2.61. The predicted octanol–water partition coefficient (Wildman–Crippen LogP) is 0.852. The van der Waals surface area contributed by atoms with E-state index in [2.05, 4.69) is 4.74 Å². The normalized spacial score (nSPS) is 10.0. The molecule has 0 rings (SSSR count). The highest BCUT2D eigenvalue weighted by molar-refractivity contribution is 5.86. The topological polar surface area (TPSA) is 50.1 Å². The highest BCUT2D eigenvalue weighted by Gasteiger charge is 2.14. The van der Waals surface area contributed by atoms with Crippen molar-refractivity contribution in [1.29, 1.82) is 5.26 Å². The standard InChI is InChI=1S/C6H9NO2/c1-6(2,3)9-5(8)4-7/h1-3H3. The monoisotopic (exact) mass is 127 g/mol. The molecule has 0 aliphatic heterocycles. The summed E-state index contributed by atoms with van der Waals surface area (Å²) in [6, 6.07) is 1.36. The second kappa shape index (κ2) is 2.49. The molecule has 0 radical (unpaired) electrons. The van der Waals surface area contributed by atoms with Crippen LogP contribution >= 0.6 is 0 Å². The van der Waals surface area contributed by atoms with Crippen LogP contribution in [0.5, 0.6) is 0 Å². The zero-order chi connectivity index (χ0) is 7.49. The van der Waals surface area contributed by atoms with E-state index in [4.69, 9.17) is 5.26 Å². The zero-order valence-corrected chi connectivity index (χ0v) is 5.76. The Balaban J connectivity index is 3.78. The minimum Gasteiger partial charge on any atom is -0.449 e. The van der Waals surface area contributed by atoms with Crippen molar-refractivity contribution >= 4 is 5.97 Å². The number of carbonyl (C=O) groups excluding carboxylic acids is 1. The number of esters is 1. The fourth-order valence-corrected chi connectivity index (χ4v) is 0.301. The molecule has 0 saturated carbocycles. The van der Waals surface area contributed by atoms with E-state index in [-0.39, 0.29) is 0 Å². The van der Waals surface area contributed by atoms with Gasteiger partial charge in [-0.15, -0.1) is 0 Å². The van der Waals surface area contributed by atoms with Gasteiger partial charge in [0.25, 0.3) is 0 Å². The summed E-state index contributed by atoms with van der Waals surface area (Å²) < 4.78 is 4.59. The lowest BCUT2D eigenvalue weighted by molar-refractivity contribution is -0.147. The molecule has 0 N–H and O–H groups in total. The lowest BCUT2D eigenvalue weighted by atomic mass is 10.2. The summed E-state index contributed by atoms with van der Waals surface area (Å²) >= 11 is 0. The van der Waals surface area contributed by atoms with Gasteiger partial charge < -0.3 is 4.74 Å². The third-order valence-corrected chi connectivity index (χ3v) is 0.490. The molecule has 0 aromatic carbocycles. The van der Waals surface area contributed by atoms with E-state index in [0.29, 0.717) is 0 Å². The molecule has 0 unspecified atom stereocenters. The summed E-state index contributed by atoms with van der Waals surface area (Å²) in [5, 5.41) is 7.97. The number of hydrogen-bond acceptors (Lipinski definition) is 3. The Kier molecular flexibility index (Phi) is 2.20. The van der Waals surface area contributed by atoms with Gasteiger partial charge in [0, 0.05) is 0 Å². The molecule has 50 valence electrons. The Morgan fingerprint density at radius 1 is 1.56 bits per heavy atom. The lowest BCUT2D eigenvalue weighted by Gasteiger charge is -2.16. The Morgan fingerprint density at radius 3 is 2.11 bits per heavy atom. The first kappa shape index (κ1) is 7.96. The number of hydrogen-bond donors (Lipinski definition) is 0. The molecule has 0 spiro atoms. The number of rotatable bonds is 0. The highest BCUT2D eigenvalue weighted by Crippen LogP contribution is 2.05. The molecule has 0 aromatic rings. The Labute approximate surface area is 54.2 Å². The number of nitrogens with zero attached hydrogens (tertiary/aromatic N) is 1. The van der Waals surface area contributed by atoms with Crippen LogP contribution in [0.1, 0.15) is 20.8 Å². The van der Waals surface area contributed by atoms with Gasteiger partial charge in [-0.25, -0.2) is 4.79 Å². The third kappa shape index (κ3) is 4.82. The minimum absolute atomic E-state index is 0.549. The molecular weight excluding hydrogens is 118 g/mol. The molecule has 0 fully saturated rings. The molecule has 0 amide bonds. The number of carbonyl (C=O) groups is 1. The van der Waals surface area contributed by atoms with Gasteiger partial charge in [-0.3, -0.25) is 0 Å². The molecule has 9 heavy (non-hydrogen) atoms. The molecule has 3 heteroatoms. The molecule has 0 saturated heterocycles. The molecule has 0 aliphatic carbocycles. The second-order valence-electron chi connectivity index (χ2n) is 2.61. The van der Waals surface area contributed by atoms with Gasteiger partial charge in [0.1, 0.15) is 5.60 Å². The zero-order valence-electron chi connectivity index (χ0n) is 5.76. The van der Waals surface area contributed by atoms with Crippen molar-refractivity contribution in [3.63, 3.8) is 0 Å². The Morgan fingerprint density at radius 2 is 2.00 bits per heavy atom. The van der Waals surface area contributed by atoms with Crippen molar-refractivity contribution < 1.29 is 9.53 Å². The lowest BCUT2D eigenvalue weighted by Crippen LogP contribution is -2.22. The first-order chi connectivity index (χ1) is 3.95. The van der Waals surface area contributed by atoms with E-state index in [1.165, 1.54) is 6.07 Å². The van der Waals surface area contributed by atoms with E-state index in [1.54, 1.807) is 20.8 Å². The van der Waals surface area contributed by atoms with E-state index in [9.17, 15) is 4.79 Å². The SMILES string of the molecule is CC(C)(C)OC(=O)C#N.